The zero-order valence-corrected chi connectivity index (χ0v) is 10.7. The topological polar surface area (TPSA) is 15.3 Å². The molecule has 2 saturated heterocycles. The Kier molecular flexibility index (Phi) is 3.17. The van der Waals surface area contributed by atoms with Gasteiger partial charge in [0, 0.05) is 19.0 Å². The van der Waals surface area contributed by atoms with Crippen LogP contribution in [0.4, 0.5) is 0 Å². The molecule has 3 rings (SSSR count). The van der Waals surface area contributed by atoms with Gasteiger partial charge in [0.2, 0.25) is 0 Å². The zero-order chi connectivity index (χ0) is 11.7. The van der Waals surface area contributed by atoms with Crippen LogP contribution in [0.15, 0.2) is 24.3 Å². The van der Waals surface area contributed by atoms with Gasteiger partial charge in [0.05, 0.1) is 0 Å². The molecule has 1 aromatic rings. The average Bonchev–Trinajstić information content (AvgIpc) is 2.36. The second-order valence-corrected chi connectivity index (χ2v) is 5.57. The van der Waals surface area contributed by atoms with Crippen LogP contribution in [0.25, 0.3) is 0 Å². The van der Waals surface area contributed by atoms with Gasteiger partial charge in [0.1, 0.15) is 0 Å². The summed E-state index contributed by atoms with van der Waals surface area (Å²) >= 11 is 0. The first-order valence-corrected chi connectivity index (χ1v) is 6.82. The zero-order valence-electron chi connectivity index (χ0n) is 10.7. The molecular formula is C15H22N2. The summed E-state index contributed by atoms with van der Waals surface area (Å²) < 4.78 is 0. The minimum absolute atomic E-state index is 0.783. The molecule has 2 fully saturated rings. The van der Waals surface area contributed by atoms with Crippen molar-refractivity contribution in [3.63, 3.8) is 0 Å². The fourth-order valence-electron chi connectivity index (χ4n) is 3.28. The maximum atomic E-state index is 3.46. The SMILES string of the molecule is CN1CC(c2ccccc2C2CCNCC2)C1. The lowest BCUT2D eigenvalue weighted by molar-refractivity contribution is 0.188. The molecule has 0 amide bonds. The van der Waals surface area contributed by atoms with E-state index in [0.717, 1.165) is 11.8 Å². The largest absolute Gasteiger partial charge is 0.317 e. The van der Waals surface area contributed by atoms with Crippen LogP contribution in [0.1, 0.15) is 35.8 Å². The van der Waals surface area contributed by atoms with Crippen molar-refractivity contribution in [1.29, 1.82) is 0 Å². The molecule has 2 heterocycles. The van der Waals surface area contributed by atoms with Gasteiger partial charge in [-0.2, -0.15) is 0 Å². The molecule has 0 aliphatic carbocycles. The Labute approximate surface area is 104 Å². The third kappa shape index (κ3) is 2.24. The van der Waals surface area contributed by atoms with E-state index in [1.165, 1.54) is 39.0 Å². The lowest BCUT2D eigenvalue weighted by Gasteiger charge is -2.39. The monoisotopic (exact) mass is 230 g/mol. The van der Waals surface area contributed by atoms with Gasteiger partial charge in [-0.05, 0) is 50.0 Å². The highest BCUT2D eigenvalue weighted by molar-refractivity contribution is 5.35. The fraction of sp³-hybridized carbons (Fsp3) is 0.600. The van der Waals surface area contributed by atoms with E-state index in [-0.39, 0.29) is 0 Å². The number of benzene rings is 1. The minimum Gasteiger partial charge on any atom is -0.317 e. The van der Waals surface area contributed by atoms with Crippen molar-refractivity contribution in [2.75, 3.05) is 33.2 Å². The summed E-state index contributed by atoms with van der Waals surface area (Å²) in [5, 5.41) is 3.46. The molecule has 92 valence electrons. The van der Waals surface area contributed by atoms with Gasteiger partial charge in [-0.15, -0.1) is 0 Å². The van der Waals surface area contributed by atoms with Crippen molar-refractivity contribution in [2.45, 2.75) is 24.7 Å². The number of hydrogen-bond acceptors (Lipinski definition) is 2. The van der Waals surface area contributed by atoms with Crippen molar-refractivity contribution in [1.82, 2.24) is 10.2 Å². The number of nitrogens with one attached hydrogen (secondary N) is 1. The molecule has 1 aromatic carbocycles. The number of rotatable bonds is 2. The van der Waals surface area contributed by atoms with Crippen LogP contribution in [0.3, 0.4) is 0 Å². The molecule has 2 heteroatoms. The van der Waals surface area contributed by atoms with Crippen molar-refractivity contribution in [3.05, 3.63) is 35.4 Å². The second kappa shape index (κ2) is 4.79. The summed E-state index contributed by atoms with van der Waals surface area (Å²) in [4.78, 5) is 2.41. The van der Waals surface area contributed by atoms with E-state index in [1.807, 2.05) is 0 Å². The number of piperidine rings is 1. The molecule has 1 N–H and O–H groups in total. The third-order valence-electron chi connectivity index (χ3n) is 4.28. The van der Waals surface area contributed by atoms with E-state index < -0.39 is 0 Å². The highest BCUT2D eigenvalue weighted by Crippen LogP contribution is 2.35. The van der Waals surface area contributed by atoms with Gasteiger partial charge >= 0.3 is 0 Å². The molecule has 0 spiro atoms. The highest BCUT2D eigenvalue weighted by Gasteiger charge is 2.28. The van der Waals surface area contributed by atoms with Gasteiger partial charge in [-0.25, -0.2) is 0 Å². The quantitative estimate of drug-likeness (QED) is 0.838. The van der Waals surface area contributed by atoms with Crippen molar-refractivity contribution in [3.8, 4) is 0 Å². The first kappa shape index (κ1) is 11.2. The van der Waals surface area contributed by atoms with Gasteiger partial charge in [-0.1, -0.05) is 24.3 Å². The Morgan fingerprint density at radius 3 is 2.18 bits per heavy atom. The Morgan fingerprint density at radius 1 is 1.00 bits per heavy atom. The van der Waals surface area contributed by atoms with Crippen LogP contribution in [0, 0.1) is 0 Å². The van der Waals surface area contributed by atoms with Gasteiger partial charge in [-0.3, -0.25) is 0 Å². The Hall–Kier alpha value is -0.860. The molecule has 17 heavy (non-hydrogen) atoms. The summed E-state index contributed by atoms with van der Waals surface area (Å²) in [6.07, 6.45) is 2.61. The van der Waals surface area contributed by atoms with Crippen molar-refractivity contribution < 1.29 is 0 Å². The average molecular weight is 230 g/mol. The summed E-state index contributed by atoms with van der Waals surface area (Å²) in [5.74, 6) is 1.57. The Morgan fingerprint density at radius 2 is 1.59 bits per heavy atom. The number of nitrogens with zero attached hydrogens (tertiary/aromatic N) is 1. The first-order chi connectivity index (χ1) is 8.34. The van der Waals surface area contributed by atoms with Crippen molar-refractivity contribution in [2.24, 2.45) is 0 Å². The van der Waals surface area contributed by atoms with E-state index >= 15 is 0 Å². The van der Waals surface area contributed by atoms with Crippen LogP contribution in [0.5, 0.6) is 0 Å². The standard InChI is InChI=1S/C15H22N2/c1-17-10-13(11-17)15-5-3-2-4-14(15)12-6-8-16-9-7-12/h2-5,12-13,16H,6-11H2,1H3. The maximum Gasteiger partial charge on any atom is 0.00962 e. The number of likely N-dealkylation sites (tertiary alicyclic amines) is 1. The molecule has 2 aliphatic heterocycles. The van der Waals surface area contributed by atoms with Crippen LogP contribution in [-0.4, -0.2) is 38.1 Å². The van der Waals surface area contributed by atoms with Gasteiger partial charge in [0.15, 0.2) is 0 Å². The Bertz CT molecular complexity index is 376. The smallest absolute Gasteiger partial charge is 0.00962 e. The van der Waals surface area contributed by atoms with Crippen LogP contribution < -0.4 is 5.32 Å². The lowest BCUT2D eigenvalue weighted by Crippen LogP contribution is -2.42. The number of hydrogen-bond donors (Lipinski definition) is 1. The van der Waals surface area contributed by atoms with Crippen LogP contribution in [-0.2, 0) is 0 Å². The van der Waals surface area contributed by atoms with Gasteiger partial charge < -0.3 is 10.2 Å². The number of likely N-dealkylation sites (N-methyl/N-ethyl adjacent to an activating group) is 1. The highest BCUT2D eigenvalue weighted by atomic mass is 15.2. The maximum absolute atomic E-state index is 3.46. The molecule has 0 aromatic heterocycles. The summed E-state index contributed by atoms with van der Waals surface area (Å²) in [7, 11) is 2.21. The fourth-order valence-corrected chi connectivity index (χ4v) is 3.28. The molecule has 0 saturated carbocycles. The van der Waals surface area contributed by atoms with Crippen LogP contribution >= 0.6 is 0 Å². The van der Waals surface area contributed by atoms with E-state index in [2.05, 4.69) is 41.5 Å². The molecule has 0 radical (unpaired) electrons. The van der Waals surface area contributed by atoms with Gasteiger partial charge in [0.25, 0.3) is 0 Å². The normalized spacial score (nSPS) is 23.6. The molecule has 0 atom stereocenters. The second-order valence-electron chi connectivity index (χ2n) is 5.57. The molecule has 2 aliphatic rings. The predicted molar refractivity (Wildman–Crippen MR) is 71.5 cm³/mol. The summed E-state index contributed by atoms with van der Waals surface area (Å²) in [6.45, 7) is 4.84. The van der Waals surface area contributed by atoms with Crippen LogP contribution in [0.2, 0.25) is 0 Å². The first-order valence-electron chi connectivity index (χ1n) is 6.82. The molecule has 0 unspecified atom stereocenters. The van der Waals surface area contributed by atoms with Crippen molar-refractivity contribution >= 4 is 0 Å². The summed E-state index contributed by atoms with van der Waals surface area (Å²) in [6, 6.07) is 9.14. The summed E-state index contributed by atoms with van der Waals surface area (Å²) in [5.41, 5.74) is 3.25. The molecule has 0 bridgehead atoms. The van der Waals surface area contributed by atoms with E-state index in [9.17, 15) is 0 Å². The molecular weight excluding hydrogens is 208 g/mol. The van der Waals surface area contributed by atoms with E-state index in [0.29, 0.717) is 0 Å². The Balaban J connectivity index is 1.82. The molecule has 2 nitrogen and oxygen atoms in total. The predicted octanol–water partition coefficient (Wildman–Crippen LogP) is 2.18. The third-order valence-corrected chi connectivity index (χ3v) is 4.28. The van der Waals surface area contributed by atoms with E-state index in [1.54, 1.807) is 11.1 Å². The minimum atomic E-state index is 0.783. The van der Waals surface area contributed by atoms with E-state index in [4.69, 9.17) is 0 Å². The lowest BCUT2D eigenvalue weighted by atomic mass is 9.81.